The summed E-state index contributed by atoms with van der Waals surface area (Å²) >= 11 is 0. The van der Waals surface area contributed by atoms with Crippen molar-refractivity contribution in [3.05, 3.63) is 95.1 Å². The van der Waals surface area contributed by atoms with Crippen LogP contribution >= 0.6 is 0 Å². The van der Waals surface area contributed by atoms with Crippen LogP contribution in [-0.2, 0) is 28.6 Å². The molecule has 0 aromatic heterocycles. The number of anilines is 1. The van der Waals surface area contributed by atoms with Crippen LogP contribution < -0.4 is 10.6 Å². The third-order valence-electron chi connectivity index (χ3n) is 5.95. The summed E-state index contributed by atoms with van der Waals surface area (Å²) in [6, 6.07) is 21.5. The summed E-state index contributed by atoms with van der Waals surface area (Å²) in [5.41, 5.74) is 4.82. The van der Waals surface area contributed by atoms with Gasteiger partial charge < -0.3 is 15.5 Å². The van der Waals surface area contributed by atoms with E-state index in [1.807, 2.05) is 49.4 Å². The topological polar surface area (TPSA) is 78.5 Å². The van der Waals surface area contributed by atoms with E-state index in [1.54, 1.807) is 12.1 Å². The second-order valence-electron chi connectivity index (χ2n) is 8.61. The molecular weight excluding hydrogens is 434 g/mol. The Morgan fingerprint density at radius 3 is 2.45 bits per heavy atom. The van der Waals surface area contributed by atoms with Crippen molar-refractivity contribution in [2.45, 2.75) is 36.6 Å². The lowest BCUT2D eigenvalue weighted by atomic mass is 9.98. The van der Waals surface area contributed by atoms with Gasteiger partial charge in [-0.2, -0.15) is 0 Å². The minimum Gasteiger partial charge on any atom is -0.331 e. The van der Waals surface area contributed by atoms with Gasteiger partial charge >= 0.3 is 6.03 Å². The van der Waals surface area contributed by atoms with E-state index >= 15 is 0 Å². The average molecular weight is 464 g/mol. The number of rotatable bonds is 6. The summed E-state index contributed by atoms with van der Waals surface area (Å²) in [5, 5.41) is 5.64. The third-order valence-corrected chi connectivity index (χ3v) is 7.65. The highest BCUT2D eigenvalue weighted by Crippen LogP contribution is 2.23. The summed E-state index contributed by atoms with van der Waals surface area (Å²) in [4.78, 5) is 14.8. The molecule has 3 aromatic carbocycles. The van der Waals surface area contributed by atoms with Gasteiger partial charge in [-0.3, -0.25) is 0 Å². The number of fused-ring (bicyclic) bond motifs is 1. The molecule has 33 heavy (non-hydrogen) atoms. The molecule has 1 aliphatic rings. The quantitative estimate of drug-likeness (QED) is 0.563. The molecule has 6 nitrogen and oxygen atoms in total. The molecule has 0 radical (unpaired) electrons. The second-order valence-corrected chi connectivity index (χ2v) is 10.6. The number of carbonyl (C=O) groups is 1. The van der Waals surface area contributed by atoms with Crippen molar-refractivity contribution in [3.8, 4) is 0 Å². The Labute approximate surface area is 195 Å². The van der Waals surface area contributed by atoms with Gasteiger partial charge in [-0.1, -0.05) is 48.5 Å². The number of carbonyl (C=O) groups excluding carboxylic acids is 1. The van der Waals surface area contributed by atoms with Crippen LogP contribution in [0.1, 0.15) is 35.2 Å². The maximum Gasteiger partial charge on any atom is 0.319 e. The number of nitrogens with one attached hydrogen (secondary N) is 2. The van der Waals surface area contributed by atoms with Gasteiger partial charge in [-0.15, -0.1) is 0 Å². The van der Waals surface area contributed by atoms with E-state index in [2.05, 4.69) is 28.6 Å². The molecule has 4 rings (SSSR count). The van der Waals surface area contributed by atoms with Crippen molar-refractivity contribution in [1.29, 1.82) is 0 Å². The fraction of sp³-hybridized carbons (Fsp3) is 0.269. The zero-order valence-corrected chi connectivity index (χ0v) is 19.7. The fourth-order valence-corrected chi connectivity index (χ4v) is 5.41. The van der Waals surface area contributed by atoms with Gasteiger partial charge in [0.25, 0.3) is 0 Å². The molecule has 0 saturated heterocycles. The summed E-state index contributed by atoms with van der Waals surface area (Å²) < 4.78 is 25.9. The van der Waals surface area contributed by atoms with Gasteiger partial charge in [0, 0.05) is 18.8 Å². The maximum absolute atomic E-state index is 13.0. The van der Waals surface area contributed by atoms with Crippen molar-refractivity contribution in [1.82, 2.24) is 10.2 Å². The summed E-state index contributed by atoms with van der Waals surface area (Å²) in [5.74, 6) is -0.0498. The van der Waals surface area contributed by atoms with Crippen LogP contribution in [-0.4, -0.2) is 32.9 Å². The number of sulfone groups is 1. The summed E-state index contributed by atoms with van der Waals surface area (Å²) in [6.45, 7) is 3.77. The van der Waals surface area contributed by atoms with Crippen LogP contribution in [0.5, 0.6) is 0 Å². The van der Waals surface area contributed by atoms with Crippen LogP contribution in [0.2, 0.25) is 0 Å². The van der Waals surface area contributed by atoms with Gasteiger partial charge in [0.2, 0.25) is 0 Å². The smallest absolute Gasteiger partial charge is 0.319 e. The van der Waals surface area contributed by atoms with Crippen molar-refractivity contribution >= 4 is 21.6 Å². The molecule has 0 fully saturated rings. The number of likely N-dealkylation sites (N-methyl/N-ethyl adjacent to an activating group) is 1. The summed E-state index contributed by atoms with van der Waals surface area (Å²) in [6.07, 6.45) is 0.991. The summed E-state index contributed by atoms with van der Waals surface area (Å²) in [7, 11) is -1.42. The molecule has 0 saturated carbocycles. The Morgan fingerprint density at radius 1 is 1.00 bits per heavy atom. The average Bonchev–Trinajstić information content (AvgIpc) is 2.79. The molecule has 2 amide bonds. The van der Waals surface area contributed by atoms with Crippen LogP contribution in [0, 0.1) is 0 Å². The fourth-order valence-electron chi connectivity index (χ4n) is 4.08. The lowest BCUT2D eigenvalue weighted by molar-refractivity contribution is 0.249. The van der Waals surface area contributed by atoms with Crippen molar-refractivity contribution in [2.24, 2.45) is 0 Å². The van der Waals surface area contributed by atoms with E-state index in [0.717, 1.165) is 30.6 Å². The molecule has 1 heterocycles. The highest BCUT2D eigenvalue weighted by Gasteiger charge is 2.19. The first-order chi connectivity index (χ1) is 15.8. The molecule has 3 aromatic rings. The third kappa shape index (κ3) is 5.80. The van der Waals surface area contributed by atoms with E-state index in [-0.39, 0.29) is 22.7 Å². The number of nitrogens with zero attached hydrogens (tertiary/aromatic N) is 1. The molecular formula is C26H29N3O3S. The maximum atomic E-state index is 13.0. The Balaban J connectivity index is 1.39. The molecule has 1 aliphatic heterocycles. The lowest BCUT2D eigenvalue weighted by Crippen LogP contribution is -2.31. The highest BCUT2D eigenvalue weighted by molar-refractivity contribution is 7.90. The predicted octanol–water partition coefficient (Wildman–Crippen LogP) is 4.53. The normalized spacial score (nSPS) is 14.8. The van der Waals surface area contributed by atoms with E-state index in [1.165, 1.54) is 23.3 Å². The van der Waals surface area contributed by atoms with E-state index in [0.29, 0.717) is 5.69 Å². The zero-order valence-electron chi connectivity index (χ0n) is 18.9. The van der Waals surface area contributed by atoms with E-state index < -0.39 is 9.84 Å². The van der Waals surface area contributed by atoms with Crippen LogP contribution in [0.25, 0.3) is 0 Å². The Bertz CT molecular complexity index is 1230. The molecule has 0 unspecified atom stereocenters. The molecule has 1 atom stereocenters. The SMILES string of the molecule is C[C@H](NC(=O)Nc1ccc(S(=O)(=O)Cc2ccc3c(c2)CN(C)CC3)cc1)c1ccccc1. The van der Waals surface area contributed by atoms with Gasteiger partial charge in [0.15, 0.2) is 9.84 Å². The van der Waals surface area contributed by atoms with Crippen molar-refractivity contribution in [3.63, 3.8) is 0 Å². The Hall–Kier alpha value is -3.16. The molecule has 172 valence electrons. The van der Waals surface area contributed by atoms with Crippen molar-refractivity contribution in [2.75, 3.05) is 18.9 Å². The van der Waals surface area contributed by atoms with E-state index in [9.17, 15) is 13.2 Å². The van der Waals surface area contributed by atoms with E-state index in [4.69, 9.17) is 0 Å². The molecule has 7 heteroatoms. The van der Waals surface area contributed by atoms with Gasteiger partial charge in [0.1, 0.15) is 0 Å². The first kappa shape index (κ1) is 23.0. The number of urea groups is 1. The van der Waals surface area contributed by atoms with Gasteiger partial charge in [0.05, 0.1) is 16.7 Å². The highest BCUT2D eigenvalue weighted by atomic mass is 32.2. The monoisotopic (exact) mass is 463 g/mol. The molecule has 0 bridgehead atoms. The first-order valence-corrected chi connectivity index (χ1v) is 12.7. The second kappa shape index (κ2) is 9.77. The Morgan fingerprint density at radius 2 is 1.73 bits per heavy atom. The first-order valence-electron chi connectivity index (χ1n) is 11.0. The number of hydrogen-bond donors (Lipinski definition) is 2. The van der Waals surface area contributed by atoms with Gasteiger partial charge in [-0.05, 0) is 66.9 Å². The predicted molar refractivity (Wildman–Crippen MR) is 131 cm³/mol. The van der Waals surface area contributed by atoms with Crippen LogP contribution in [0.3, 0.4) is 0 Å². The largest absolute Gasteiger partial charge is 0.331 e. The van der Waals surface area contributed by atoms with Crippen LogP contribution in [0.4, 0.5) is 10.5 Å². The number of amides is 2. The molecule has 2 N–H and O–H groups in total. The van der Waals surface area contributed by atoms with Gasteiger partial charge in [-0.25, -0.2) is 13.2 Å². The number of benzene rings is 3. The minimum absolute atomic E-state index is 0.0498. The molecule has 0 aliphatic carbocycles. The molecule has 0 spiro atoms. The number of hydrogen-bond acceptors (Lipinski definition) is 4. The standard InChI is InChI=1S/C26H29N3O3S/c1-19(21-6-4-3-5-7-21)27-26(30)28-24-10-12-25(13-11-24)33(31,32)18-20-8-9-22-14-15-29(2)17-23(22)16-20/h3-13,16,19H,14-15,17-18H2,1-2H3,(H2,27,28,30)/t19-/m0/s1. The minimum atomic E-state index is -3.50. The van der Waals surface area contributed by atoms with Crippen molar-refractivity contribution < 1.29 is 13.2 Å². The lowest BCUT2D eigenvalue weighted by Gasteiger charge is -2.25. The van der Waals surface area contributed by atoms with Crippen LogP contribution in [0.15, 0.2) is 77.7 Å². The Kier molecular flexibility index (Phi) is 6.81. The zero-order chi connectivity index (χ0) is 23.4.